The Balaban J connectivity index is 2.01. The Hall–Kier alpha value is -3.69. The fourth-order valence-electron chi connectivity index (χ4n) is 3.24. The maximum atomic E-state index is 14.2. The number of nitrogens with zero attached hydrogens (tertiary/aromatic N) is 4. The molecule has 4 rings (SSSR count). The van der Waals surface area contributed by atoms with Gasteiger partial charge in [0, 0.05) is 0 Å². The third kappa shape index (κ3) is 3.12. The first-order valence-electron chi connectivity index (χ1n) is 8.41. The zero-order valence-corrected chi connectivity index (χ0v) is 15.0. The van der Waals surface area contributed by atoms with Gasteiger partial charge < -0.3 is 11.5 Å². The number of imidazole rings is 1. The van der Waals surface area contributed by atoms with Crippen LogP contribution >= 0.6 is 0 Å². The van der Waals surface area contributed by atoms with Crippen LogP contribution in [-0.2, 0) is 6.18 Å². The van der Waals surface area contributed by atoms with Gasteiger partial charge in [0.15, 0.2) is 5.82 Å². The molecule has 0 aliphatic carbocycles. The van der Waals surface area contributed by atoms with Crippen LogP contribution in [0.4, 0.5) is 29.3 Å². The van der Waals surface area contributed by atoms with Gasteiger partial charge in [-0.2, -0.15) is 23.1 Å². The summed E-state index contributed by atoms with van der Waals surface area (Å²) in [4.78, 5) is 12.6. The van der Waals surface area contributed by atoms with E-state index in [2.05, 4.69) is 15.0 Å². The second kappa shape index (κ2) is 6.43. The second-order valence-electron chi connectivity index (χ2n) is 6.34. The van der Waals surface area contributed by atoms with Crippen molar-refractivity contribution in [2.45, 2.75) is 13.1 Å². The fourth-order valence-corrected chi connectivity index (χ4v) is 3.24. The van der Waals surface area contributed by atoms with Crippen LogP contribution in [0.15, 0.2) is 42.5 Å². The van der Waals surface area contributed by atoms with E-state index in [-0.39, 0.29) is 28.7 Å². The lowest BCUT2D eigenvalue weighted by Gasteiger charge is -2.16. The molecule has 0 fully saturated rings. The Morgan fingerprint density at radius 3 is 2.38 bits per heavy atom. The summed E-state index contributed by atoms with van der Waals surface area (Å²) in [5.41, 5.74) is 12.0. The molecule has 10 heteroatoms. The smallest absolute Gasteiger partial charge is 0.383 e. The first-order valence-corrected chi connectivity index (χ1v) is 8.41. The third-order valence-electron chi connectivity index (χ3n) is 4.44. The molecule has 2 heterocycles. The molecule has 0 radical (unpaired) electrons. The highest BCUT2D eigenvalue weighted by atomic mass is 19.4. The van der Waals surface area contributed by atoms with Crippen LogP contribution in [0.1, 0.15) is 11.4 Å². The van der Waals surface area contributed by atoms with Gasteiger partial charge in [-0.1, -0.05) is 18.2 Å². The number of hydrogen-bond donors (Lipinski definition) is 2. The lowest BCUT2D eigenvalue weighted by atomic mass is 10.0. The van der Waals surface area contributed by atoms with Crippen molar-refractivity contribution < 1.29 is 17.6 Å². The van der Waals surface area contributed by atoms with Crippen LogP contribution in [0.25, 0.3) is 28.0 Å². The highest BCUT2D eigenvalue weighted by Crippen LogP contribution is 2.37. The summed E-state index contributed by atoms with van der Waals surface area (Å²) in [7, 11) is 0. The Kier molecular flexibility index (Phi) is 4.14. The van der Waals surface area contributed by atoms with Gasteiger partial charge in [-0.15, -0.1) is 0 Å². The van der Waals surface area contributed by atoms with Gasteiger partial charge in [-0.25, -0.2) is 9.37 Å². The van der Waals surface area contributed by atoms with Crippen molar-refractivity contribution in [3.8, 4) is 16.9 Å². The van der Waals surface area contributed by atoms with E-state index in [0.717, 1.165) is 12.1 Å². The zero-order chi connectivity index (χ0) is 20.9. The lowest BCUT2D eigenvalue weighted by molar-refractivity contribution is -0.139. The van der Waals surface area contributed by atoms with E-state index in [1.165, 1.54) is 0 Å². The molecule has 0 aliphatic rings. The van der Waals surface area contributed by atoms with Gasteiger partial charge in [0.05, 0.1) is 22.2 Å². The molecule has 0 atom stereocenters. The van der Waals surface area contributed by atoms with Crippen molar-refractivity contribution in [1.82, 2.24) is 19.5 Å². The monoisotopic (exact) mass is 402 g/mol. The number of nitrogen functional groups attached to an aromatic ring is 2. The van der Waals surface area contributed by atoms with Crippen molar-refractivity contribution >= 4 is 22.8 Å². The summed E-state index contributed by atoms with van der Waals surface area (Å²) in [5, 5.41) is 0. The van der Waals surface area contributed by atoms with Crippen LogP contribution in [-0.4, -0.2) is 19.5 Å². The van der Waals surface area contributed by atoms with Crippen molar-refractivity contribution in [1.29, 1.82) is 0 Å². The van der Waals surface area contributed by atoms with Crippen LogP contribution in [0.3, 0.4) is 0 Å². The summed E-state index contributed by atoms with van der Waals surface area (Å²) in [6, 6.07) is 9.73. The number of fused-ring (bicyclic) bond motifs is 1. The molecule has 2 aromatic carbocycles. The largest absolute Gasteiger partial charge is 0.419 e. The van der Waals surface area contributed by atoms with Gasteiger partial charge in [0.1, 0.15) is 17.5 Å². The Bertz CT molecular complexity index is 1250. The van der Waals surface area contributed by atoms with Crippen LogP contribution in [0.2, 0.25) is 0 Å². The normalized spacial score (nSPS) is 11.9. The summed E-state index contributed by atoms with van der Waals surface area (Å²) < 4.78 is 54.6. The summed E-state index contributed by atoms with van der Waals surface area (Å²) >= 11 is 0. The van der Waals surface area contributed by atoms with Crippen molar-refractivity contribution in [3.63, 3.8) is 0 Å². The summed E-state index contributed by atoms with van der Waals surface area (Å²) in [6.45, 7) is 1.73. The number of benzene rings is 2. The predicted octanol–water partition coefficient (Wildman–Crippen LogP) is 4.11. The van der Waals surface area contributed by atoms with Crippen molar-refractivity contribution in [3.05, 3.63) is 59.7 Å². The highest BCUT2D eigenvalue weighted by molar-refractivity contribution is 5.85. The number of hydrogen-bond acceptors (Lipinski definition) is 5. The van der Waals surface area contributed by atoms with Gasteiger partial charge in [-0.3, -0.25) is 4.57 Å². The SMILES string of the molecule is Cc1nc2ccccc2n1-c1nc(N)nc(N)c1-c1ccc(C(F)(F)F)c(F)c1. The highest BCUT2D eigenvalue weighted by Gasteiger charge is 2.34. The molecule has 29 heavy (non-hydrogen) atoms. The molecule has 0 amide bonds. The number of anilines is 2. The number of aryl methyl sites for hydroxylation is 1. The van der Waals surface area contributed by atoms with E-state index in [9.17, 15) is 17.6 Å². The minimum absolute atomic E-state index is 0.0835. The topological polar surface area (TPSA) is 95.6 Å². The van der Waals surface area contributed by atoms with E-state index < -0.39 is 17.6 Å². The number of rotatable bonds is 2. The number of alkyl halides is 3. The molecule has 0 unspecified atom stereocenters. The zero-order valence-electron chi connectivity index (χ0n) is 15.0. The van der Waals surface area contributed by atoms with Gasteiger partial charge in [0.2, 0.25) is 5.95 Å². The molecule has 0 aliphatic heterocycles. The maximum Gasteiger partial charge on any atom is 0.419 e. The van der Waals surface area contributed by atoms with E-state index in [4.69, 9.17) is 11.5 Å². The number of aromatic nitrogens is 4. The van der Waals surface area contributed by atoms with E-state index >= 15 is 0 Å². The van der Waals surface area contributed by atoms with E-state index in [1.807, 2.05) is 6.07 Å². The number of para-hydroxylation sites is 2. The summed E-state index contributed by atoms with van der Waals surface area (Å²) in [5.74, 6) is -0.920. The lowest BCUT2D eigenvalue weighted by Crippen LogP contribution is -2.11. The second-order valence-corrected chi connectivity index (χ2v) is 6.34. The quantitative estimate of drug-likeness (QED) is 0.492. The van der Waals surface area contributed by atoms with Crippen LogP contribution < -0.4 is 11.5 Å². The average molecular weight is 402 g/mol. The molecular formula is C19H14F4N6. The minimum Gasteiger partial charge on any atom is -0.383 e. The molecule has 0 bridgehead atoms. The molecule has 0 saturated carbocycles. The van der Waals surface area contributed by atoms with Gasteiger partial charge >= 0.3 is 6.18 Å². The average Bonchev–Trinajstić information content (AvgIpc) is 2.95. The predicted molar refractivity (Wildman–Crippen MR) is 101 cm³/mol. The van der Waals surface area contributed by atoms with Crippen LogP contribution in [0.5, 0.6) is 0 Å². The first-order chi connectivity index (χ1) is 13.7. The molecule has 148 valence electrons. The molecule has 2 aromatic heterocycles. The minimum atomic E-state index is -4.81. The van der Waals surface area contributed by atoms with Crippen molar-refractivity contribution in [2.24, 2.45) is 0 Å². The molecule has 4 N–H and O–H groups in total. The molecule has 6 nitrogen and oxygen atoms in total. The van der Waals surface area contributed by atoms with E-state index in [0.29, 0.717) is 22.9 Å². The first kappa shape index (κ1) is 18.7. The fraction of sp³-hybridized carbons (Fsp3) is 0.105. The summed E-state index contributed by atoms with van der Waals surface area (Å²) in [6.07, 6.45) is -4.81. The standard InChI is InChI=1S/C19H14F4N6/c1-9-26-13-4-2-3-5-14(13)29(9)17-15(16(24)27-18(25)28-17)10-6-7-11(12(20)8-10)19(21,22)23/h2-8H,1H3,(H4,24,25,27,28). The van der Waals surface area contributed by atoms with E-state index in [1.54, 1.807) is 29.7 Å². The molecule has 4 aromatic rings. The Morgan fingerprint density at radius 2 is 1.69 bits per heavy atom. The molecule has 0 spiro atoms. The number of nitrogens with two attached hydrogens (primary N) is 2. The van der Waals surface area contributed by atoms with Crippen LogP contribution in [0, 0.1) is 12.7 Å². The van der Waals surface area contributed by atoms with Crippen molar-refractivity contribution in [2.75, 3.05) is 11.5 Å². The Morgan fingerprint density at radius 1 is 0.966 bits per heavy atom. The maximum absolute atomic E-state index is 14.2. The molecular weight excluding hydrogens is 388 g/mol. The van der Waals surface area contributed by atoms with Gasteiger partial charge in [-0.05, 0) is 36.8 Å². The van der Waals surface area contributed by atoms with Gasteiger partial charge in [0.25, 0.3) is 0 Å². The third-order valence-corrected chi connectivity index (χ3v) is 4.44. The molecule has 0 saturated heterocycles. The Labute approximate surface area is 161 Å². The number of halogens is 4.